The third kappa shape index (κ3) is 4.30. The van der Waals surface area contributed by atoms with E-state index in [9.17, 15) is 4.79 Å². The molecule has 1 aromatic rings. The molecule has 1 fully saturated rings. The number of benzene rings is 1. The molecule has 0 spiro atoms. The predicted molar refractivity (Wildman–Crippen MR) is 71.8 cm³/mol. The molecule has 2 rings (SSSR count). The van der Waals surface area contributed by atoms with Gasteiger partial charge in [0.15, 0.2) is 0 Å². The third-order valence-electron chi connectivity index (χ3n) is 2.72. The van der Waals surface area contributed by atoms with Gasteiger partial charge in [0.1, 0.15) is 5.78 Å². The van der Waals surface area contributed by atoms with Crippen molar-refractivity contribution in [3.8, 4) is 0 Å². The van der Waals surface area contributed by atoms with Gasteiger partial charge in [0.25, 0.3) is 0 Å². The van der Waals surface area contributed by atoms with E-state index in [4.69, 9.17) is 0 Å². The Hall–Kier alpha value is -0.280. The van der Waals surface area contributed by atoms with Gasteiger partial charge in [-0.05, 0) is 30.5 Å². The summed E-state index contributed by atoms with van der Waals surface area (Å²) in [7, 11) is 0. The van der Waals surface area contributed by atoms with E-state index >= 15 is 0 Å². The summed E-state index contributed by atoms with van der Waals surface area (Å²) >= 11 is 5.06. The Morgan fingerprint density at radius 1 is 1.44 bits per heavy atom. The van der Waals surface area contributed by atoms with Crippen molar-refractivity contribution < 1.29 is 4.79 Å². The fourth-order valence-electron chi connectivity index (χ4n) is 1.56. The second-order valence-corrected chi connectivity index (χ2v) is 6.23. The minimum Gasteiger partial charge on any atom is -0.299 e. The summed E-state index contributed by atoms with van der Waals surface area (Å²) in [4.78, 5) is 12.8. The first kappa shape index (κ1) is 12.2. The van der Waals surface area contributed by atoms with Crippen molar-refractivity contribution in [3.63, 3.8) is 0 Å². The van der Waals surface area contributed by atoms with Crippen LogP contribution in [0.5, 0.6) is 0 Å². The van der Waals surface area contributed by atoms with E-state index in [-0.39, 0.29) is 0 Å². The van der Waals surface area contributed by atoms with Crippen LogP contribution in [0.1, 0.15) is 25.7 Å². The monoisotopic (exact) mass is 298 g/mol. The molecule has 16 heavy (non-hydrogen) atoms. The molecule has 0 aliphatic heterocycles. The van der Waals surface area contributed by atoms with Crippen LogP contribution in [0.2, 0.25) is 0 Å². The van der Waals surface area contributed by atoms with Gasteiger partial charge in [-0.1, -0.05) is 34.8 Å². The van der Waals surface area contributed by atoms with Crippen LogP contribution >= 0.6 is 27.7 Å². The molecule has 1 aliphatic carbocycles. The molecule has 0 saturated heterocycles. The van der Waals surface area contributed by atoms with E-state index in [0.29, 0.717) is 11.5 Å². The Balaban J connectivity index is 1.71. The Labute approximate surface area is 109 Å². The molecule has 1 aliphatic rings. The highest BCUT2D eigenvalue weighted by molar-refractivity contribution is 9.10. The molecule has 0 N–H and O–H groups in total. The molecule has 0 amide bonds. The quantitative estimate of drug-likeness (QED) is 0.728. The summed E-state index contributed by atoms with van der Waals surface area (Å²) in [6.07, 6.45) is 4.56. The number of rotatable bonds is 6. The van der Waals surface area contributed by atoms with E-state index in [0.717, 1.165) is 28.1 Å². The van der Waals surface area contributed by atoms with Crippen molar-refractivity contribution in [1.82, 2.24) is 0 Å². The maximum Gasteiger partial charge on any atom is 0.143 e. The van der Waals surface area contributed by atoms with E-state index in [1.54, 1.807) is 11.8 Å². The third-order valence-corrected chi connectivity index (χ3v) is 4.27. The molecule has 0 heterocycles. The molecule has 86 valence electrons. The highest BCUT2D eigenvalue weighted by atomic mass is 79.9. The Morgan fingerprint density at radius 3 is 2.94 bits per heavy atom. The first-order valence-electron chi connectivity index (χ1n) is 5.64. The van der Waals surface area contributed by atoms with Crippen LogP contribution < -0.4 is 0 Å². The SMILES string of the molecule is O=C(CCC1CC1)CSc1cccc(Br)c1. The number of carbonyl (C=O) groups is 1. The lowest BCUT2D eigenvalue weighted by Gasteiger charge is -2.01. The van der Waals surface area contributed by atoms with Gasteiger partial charge in [0, 0.05) is 15.8 Å². The molecule has 0 bridgehead atoms. The Kier molecular flexibility index (Phi) is 4.47. The lowest BCUT2D eigenvalue weighted by Crippen LogP contribution is -2.01. The zero-order valence-corrected chi connectivity index (χ0v) is 11.5. The second-order valence-electron chi connectivity index (χ2n) is 4.27. The highest BCUT2D eigenvalue weighted by Gasteiger charge is 2.21. The van der Waals surface area contributed by atoms with Crippen molar-refractivity contribution in [1.29, 1.82) is 0 Å². The summed E-state index contributed by atoms with van der Waals surface area (Å²) in [5.74, 6) is 1.86. The van der Waals surface area contributed by atoms with Gasteiger partial charge < -0.3 is 0 Å². The largest absolute Gasteiger partial charge is 0.299 e. The number of ketones is 1. The van der Waals surface area contributed by atoms with Crippen LogP contribution in [-0.4, -0.2) is 11.5 Å². The highest BCUT2D eigenvalue weighted by Crippen LogP contribution is 2.33. The molecule has 0 aromatic heterocycles. The number of hydrogen-bond acceptors (Lipinski definition) is 2. The van der Waals surface area contributed by atoms with Crippen LogP contribution in [0.3, 0.4) is 0 Å². The van der Waals surface area contributed by atoms with E-state index in [1.807, 2.05) is 18.2 Å². The van der Waals surface area contributed by atoms with Crippen LogP contribution in [0.4, 0.5) is 0 Å². The van der Waals surface area contributed by atoms with Gasteiger partial charge in [-0.2, -0.15) is 0 Å². The smallest absolute Gasteiger partial charge is 0.143 e. The molecule has 0 radical (unpaired) electrons. The topological polar surface area (TPSA) is 17.1 Å². The van der Waals surface area contributed by atoms with Gasteiger partial charge in [-0.15, -0.1) is 11.8 Å². The molecule has 1 nitrogen and oxygen atoms in total. The number of Topliss-reactive ketones (excluding diaryl/α,β-unsaturated/α-hetero) is 1. The summed E-state index contributed by atoms with van der Waals surface area (Å²) in [6.45, 7) is 0. The maximum atomic E-state index is 11.6. The van der Waals surface area contributed by atoms with Crippen molar-refractivity contribution >= 4 is 33.5 Å². The summed E-state index contributed by atoms with van der Waals surface area (Å²) < 4.78 is 1.07. The van der Waals surface area contributed by atoms with Crippen LogP contribution in [0.25, 0.3) is 0 Å². The molecular weight excluding hydrogens is 284 g/mol. The van der Waals surface area contributed by atoms with Crippen molar-refractivity contribution in [3.05, 3.63) is 28.7 Å². The van der Waals surface area contributed by atoms with Crippen molar-refractivity contribution in [2.45, 2.75) is 30.6 Å². The van der Waals surface area contributed by atoms with Crippen LogP contribution in [-0.2, 0) is 4.79 Å². The number of halogens is 1. The van der Waals surface area contributed by atoms with E-state index in [1.165, 1.54) is 12.8 Å². The van der Waals surface area contributed by atoms with Gasteiger partial charge >= 0.3 is 0 Å². The molecule has 1 saturated carbocycles. The van der Waals surface area contributed by atoms with Gasteiger partial charge in [0.05, 0.1) is 5.75 Å². The summed E-state index contributed by atoms with van der Waals surface area (Å²) in [5.41, 5.74) is 0. The number of thioether (sulfide) groups is 1. The van der Waals surface area contributed by atoms with Gasteiger partial charge in [-0.3, -0.25) is 4.79 Å². The van der Waals surface area contributed by atoms with Crippen molar-refractivity contribution in [2.75, 3.05) is 5.75 Å². The average molecular weight is 299 g/mol. The fourth-order valence-corrected chi connectivity index (χ4v) is 2.97. The average Bonchev–Trinajstić information content (AvgIpc) is 3.07. The Bertz CT molecular complexity index is 374. The first-order chi connectivity index (χ1) is 7.74. The van der Waals surface area contributed by atoms with Crippen LogP contribution in [0.15, 0.2) is 33.6 Å². The fraction of sp³-hybridized carbons (Fsp3) is 0.462. The predicted octanol–water partition coefficient (Wildman–Crippen LogP) is 4.30. The Morgan fingerprint density at radius 2 is 2.25 bits per heavy atom. The zero-order chi connectivity index (χ0) is 11.4. The summed E-state index contributed by atoms with van der Waals surface area (Å²) in [5, 5.41) is 0. The molecule has 0 unspecified atom stereocenters. The second kappa shape index (κ2) is 5.87. The maximum absolute atomic E-state index is 11.6. The zero-order valence-electron chi connectivity index (χ0n) is 9.12. The van der Waals surface area contributed by atoms with Crippen molar-refractivity contribution in [2.24, 2.45) is 5.92 Å². The van der Waals surface area contributed by atoms with E-state index < -0.39 is 0 Å². The van der Waals surface area contributed by atoms with Gasteiger partial charge in [0.2, 0.25) is 0 Å². The molecule has 3 heteroatoms. The normalized spacial score (nSPS) is 15.1. The standard InChI is InChI=1S/C13H15BrOS/c14-11-2-1-3-13(8-11)16-9-12(15)7-6-10-4-5-10/h1-3,8,10H,4-7,9H2. The van der Waals surface area contributed by atoms with Gasteiger partial charge in [-0.25, -0.2) is 0 Å². The number of carbonyl (C=O) groups excluding carboxylic acids is 1. The molecule has 1 aromatic carbocycles. The molecular formula is C13H15BrOS. The first-order valence-corrected chi connectivity index (χ1v) is 7.42. The van der Waals surface area contributed by atoms with Crippen LogP contribution in [0, 0.1) is 5.92 Å². The minimum atomic E-state index is 0.386. The minimum absolute atomic E-state index is 0.386. The lowest BCUT2D eigenvalue weighted by molar-refractivity contribution is -0.116. The summed E-state index contributed by atoms with van der Waals surface area (Å²) in [6, 6.07) is 8.10. The number of hydrogen-bond donors (Lipinski definition) is 0. The van der Waals surface area contributed by atoms with E-state index in [2.05, 4.69) is 22.0 Å². The molecule has 0 atom stereocenters. The lowest BCUT2D eigenvalue weighted by atomic mass is 10.2.